The summed E-state index contributed by atoms with van der Waals surface area (Å²) >= 11 is 5.99. The molecule has 0 aromatic heterocycles. The van der Waals surface area contributed by atoms with E-state index in [4.69, 9.17) is 16.7 Å². The maximum atomic E-state index is 13.0. The summed E-state index contributed by atoms with van der Waals surface area (Å²) in [6.07, 6.45) is 2.05. The molecule has 7 heteroatoms. The standard InChI is InChI=1S/C19H17ClN2O3S/c20-14-5-1-12(2-6-14)17-11-22(15-7-8-15)19(23)18(17)13-3-9-16(10-4-13)26(21,24)25/h1-6,9-10,15H,7-8,11H2,(H2,21,24,25). The van der Waals surface area contributed by atoms with Gasteiger partial charge in [0.15, 0.2) is 0 Å². The van der Waals surface area contributed by atoms with Crippen LogP contribution >= 0.6 is 11.6 Å². The number of rotatable bonds is 4. The molecule has 0 radical (unpaired) electrons. The fourth-order valence-electron chi connectivity index (χ4n) is 3.27. The zero-order chi connectivity index (χ0) is 18.5. The second kappa shape index (κ2) is 6.23. The van der Waals surface area contributed by atoms with Crippen molar-refractivity contribution in [3.05, 3.63) is 64.7 Å². The van der Waals surface area contributed by atoms with Gasteiger partial charge in [-0.3, -0.25) is 4.79 Å². The summed E-state index contributed by atoms with van der Waals surface area (Å²) in [6, 6.07) is 13.9. The number of nitrogens with two attached hydrogens (primary N) is 1. The predicted octanol–water partition coefficient (Wildman–Crippen LogP) is 2.90. The molecule has 1 saturated carbocycles. The van der Waals surface area contributed by atoms with E-state index in [2.05, 4.69) is 0 Å². The highest BCUT2D eigenvalue weighted by molar-refractivity contribution is 7.89. The van der Waals surface area contributed by atoms with Crippen molar-refractivity contribution in [3.8, 4) is 0 Å². The van der Waals surface area contributed by atoms with Gasteiger partial charge in [-0.05, 0) is 53.8 Å². The maximum absolute atomic E-state index is 13.0. The molecular formula is C19H17ClN2O3S. The molecule has 0 bridgehead atoms. The fraction of sp³-hybridized carbons (Fsp3) is 0.211. The molecule has 1 heterocycles. The van der Waals surface area contributed by atoms with E-state index in [9.17, 15) is 13.2 Å². The normalized spacial score (nSPS) is 17.9. The average molecular weight is 389 g/mol. The second-order valence-electron chi connectivity index (χ2n) is 6.59. The highest BCUT2D eigenvalue weighted by atomic mass is 35.5. The Hall–Kier alpha value is -2.15. The third-order valence-electron chi connectivity index (χ3n) is 4.76. The number of benzene rings is 2. The van der Waals surface area contributed by atoms with E-state index in [1.165, 1.54) is 12.1 Å². The van der Waals surface area contributed by atoms with Gasteiger partial charge in [0, 0.05) is 17.6 Å². The Morgan fingerprint density at radius 2 is 1.54 bits per heavy atom. The first kappa shape index (κ1) is 17.3. The molecule has 0 atom stereocenters. The minimum atomic E-state index is -3.77. The first-order valence-electron chi connectivity index (χ1n) is 8.28. The van der Waals surface area contributed by atoms with E-state index in [1.807, 2.05) is 17.0 Å². The van der Waals surface area contributed by atoms with Crippen LogP contribution in [0, 0.1) is 0 Å². The van der Waals surface area contributed by atoms with Gasteiger partial charge in [0.1, 0.15) is 0 Å². The van der Waals surface area contributed by atoms with Gasteiger partial charge >= 0.3 is 0 Å². The Kier molecular flexibility index (Phi) is 4.14. The van der Waals surface area contributed by atoms with Gasteiger partial charge in [0.05, 0.1) is 10.5 Å². The van der Waals surface area contributed by atoms with E-state index in [-0.39, 0.29) is 10.8 Å². The molecule has 5 nitrogen and oxygen atoms in total. The van der Waals surface area contributed by atoms with Gasteiger partial charge in [-0.25, -0.2) is 13.6 Å². The average Bonchev–Trinajstić information content (AvgIpc) is 3.38. The second-order valence-corrected chi connectivity index (χ2v) is 8.59. The van der Waals surface area contributed by atoms with Gasteiger partial charge in [-0.1, -0.05) is 35.9 Å². The van der Waals surface area contributed by atoms with E-state index in [0.29, 0.717) is 28.7 Å². The molecule has 0 unspecified atom stereocenters. The number of halogens is 1. The summed E-state index contributed by atoms with van der Waals surface area (Å²) in [6.45, 7) is 0.553. The zero-order valence-electron chi connectivity index (χ0n) is 13.9. The van der Waals surface area contributed by atoms with Crippen LogP contribution < -0.4 is 5.14 Å². The summed E-state index contributed by atoms with van der Waals surface area (Å²) in [5, 5.41) is 5.80. The first-order chi connectivity index (χ1) is 12.3. The molecular weight excluding hydrogens is 372 g/mol. The lowest BCUT2D eigenvalue weighted by molar-refractivity contribution is -0.124. The van der Waals surface area contributed by atoms with Gasteiger partial charge in [-0.2, -0.15) is 0 Å². The number of sulfonamides is 1. The van der Waals surface area contributed by atoms with Crippen molar-refractivity contribution in [1.29, 1.82) is 0 Å². The highest BCUT2D eigenvalue weighted by Gasteiger charge is 2.40. The van der Waals surface area contributed by atoms with Gasteiger partial charge in [0.2, 0.25) is 10.0 Å². The van der Waals surface area contributed by atoms with E-state index in [0.717, 1.165) is 24.0 Å². The lowest BCUT2D eigenvalue weighted by atomic mass is 9.97. The highest BCUT2D eigenvalue weighted by Crippen LogP contribution is 2.40. The molecule has 0 saturated heterocycles. The summed E-state index contributed by atoms with van der Waals surface area (Å²) in [5.41, 5.74) is 3.18. The minimum Gasteiger partial charge on any atom is -0.331 e. The van der Waals surface area contributed by atoms with E-state index < -0.39 is 10.0 Å². The molecule has 1 amide bonds. The van der Waals surface area contributed by atoms with Crippen LogP contribution in [0.3, 0.4) is 0 Å². The Balaban J connectivity index is 1.80. The number of nitrogens with zero attached hydrogens (tertiary/aromatic N) is 1. The molecule has 26 heavy (non-hydrogen) atoms. The van der Waals surface area contributed by atoms with Crippen LogP contribution in [0.1, 0.15) is 24.0 Å². The smallest absolute Gasteiger partial charge is 0.255 e. The number of carbonyl (C=O) groups is 1. The predicted molar refractivity (Wildman–Crippen MR) is 101 cm³/mol. The molecule has 2 aromatic carbocycles. The Labute approximate surface area is 157 Å². The van der Waals surface area contributed by atoms with Crippen molar-refractivity contribution in [2.24, 2.45) is 5.14 Å². The molecule has 1 aliphatic carbocycles. The molecule has 2 aromatic rings. The van der Waals surface area contributed by atoms with Gasteiger partial charge in [-0.15, -0.1) is 0 Å². The summed E-state index contributed by atoms with van der Waals surface area (Å²) in [5.74, 6) is -0.0131. The quantitative estimate of drug-likeness (QED) is 0.874. The Morgan fingerprint density at radius 1 is 0.962 bits per heavy atom. The largest absolute Gasteiger partial charge is 0.331 e. The van der Waals surface area contributed by atoms with Crippen LogP contribution in [0.25, 0.3) is 11.1 Å². The molecule has 2 N–H and O–H groups in total. The molecule has 0 spiro atoms. The van der Waals surface area contributed by atoms with Crippen molar-refractivity contribution >= 4 is 38.7 Å². The first-order valence-corrected chi connectivity index (χ1v) is 10.2. The summed E-state index contributed by atoms with van der Waals surface area (Å²) < 4.78 is 23.0. The topological polar surface area (TPSA) is 80.5 Å². The zero-order valence-corrected chi connectivity index (χ0v) is 15.4. The van der Waals surface area contributed by atoms with Crippen LogP contribution in [0.15, 0.2) is 53.4 Å². The van der Waals surface area contributed by atoms with Crippen LogP contribution in [0.4, 0.5) is 0 Å². The monoisotopic (exact) mass is 388 g/mol. The molecule has 1 fully saturated rings. The SMILES string of the molecule is NS(=O)(=O)c1ccc(C2=C(c3ccc(Cl)cc3)CN(C3CC3)C2=O)cc1. The Bertz CT molecular complexity index is 1010. The maximum Gasteiger partial charge on any atom is 0.255 e. The van der Waals surface area contributed by atoms with Crippen molar-refractivity contribution in [2.45, 2.75) is 23.8 Å². The van der Waals surface area contributed by atoms with Crippen molar-refractivity contribution in [2.75, 3.05) is 6.54 Å². The summed E-state index contributed by atoms with van der Waals surface area (Å²) in [4.78, 5) is 14.9. The van der Waals surface area contributed by atoms with E-state index in [1.54, 1.807) is 24.3 Å². The molecule has 134 valence electrons. The third kappa shape index (κ3) is 3.16. The number of carbonyl (C=O) groups excluding carboxylic acids is 1. The lowest BCUT2D eigenvalue weighted by Gasteiger charge is -2.15. The fourth-order valence-corrected chi connectivity index (χ4v) is 3.91. The van der Waals surface area contributed by atoms with Crippen LogP contribution in [-0.2, 0) is 14.8 Å². The van der Waals surface area contributed by atoms with Crippen molar-refractivity contribution in [1.82, 2.24) is 4.90 Å². The number of hydrogen-bond acceptors (Lipinski definition) is 3. The molecule has 1 aliphatic heterocycles. The number of primary sulfonamides is 1. The van der Waals surface area contributed by atoms with Gasteiger partial charge in [0.25, 0.3) is 5.91 Å². The Morgan fingerprint density at radius 3 is 2.08 bits per heavy atom. The third-order valence-corrected chi connectivity index (χ3v) is 5.94. The molecule has 4 rings (SSSR count). The number of hydrogen-bond donors (Lipinski definition) is 1. The van der Waals surface area contributed by atoms with Gasteiger partial charge < -0.3 is 4.90 Å². The summed E-state index contributed by atoms with van der Waals surface area (Å²) in [7, 11) is -3.77. The van der Waals surface area contributed by atoms with E-state index >= 15 is 0 Å². The number of amides is 1. The van der Waals surface area contributed by atoms with Crippen LogP contribution in [0.2, 0.25) is 5.02 Å². The van der Waals surface area contributed by atoms with Crippen molar-refractivity contribution in [3.63, 3.8) is 0 Å². The molecule has 2 aliphatic rings. The minimum absolute atomic E-state index is 0.0131. The van der Waals surface area contributed by atoms with Crippen LogP contribution in [-0.4, -0.2) is 31.8 Å². The van der Waals surface area contributed by atoms with Crippen molar-refractivity contribution < 1.29 is 13.2 Å². The van der Waals surface area contributed by atoms with Crippen LogP contribution in [0.5, 0.6) is 0 Å². The lowest BCUT2D eigenvalue weighted by Crippen LogP contribution is -2.29.